The largest absolute Gasteiger partial charge is 0.399 e. The van der Waals surface area contributed by atoms with E-state index in [2.05, 4.69) is 50.0 Å². The number of benzene rings is 1. The molecule has 0 aromatic heterocycles. The van der Waals surface area contributed by atoms with Crippen LogP contribution >= 0.6 is 0 Å². The van der Waals surface area contributed by atoms with Gasteiger partial charge < -0.3 is 10.6 Å². The minimum atomic E-state index is 0.406. The Hall–Kier alpha value is -1.06. The molecule has 0 amide bonds. The van der Waals surface area contributed by atoms with Gasteiger partial charge in [0.25, 0.3) is 0 Å². The summed E-state index contributed by atoms with van der Waals surface area (Å²) in [6.45, 7) is 4.34. The van der Waals surface area contributed by atoms with E-state index >= 15 is 0 Å². The maximum absolute atomic E-state index is 5.79. The summed E-state index contributed by atoms with van der Waals surface area (Å²) >= 11 is 0. The highest BCUT2D eigenvalue weighted by Crippen LogP contribution is 2.20. The quantitative estimate of drug-likeness (QED) is 0.770. The van der Waals surface area contributed by atoms with Gasteiger partial charge in [-0.25, -0.2) is 0 Å². The van der Waals surface area contributed by atoms with Crippen LogP contribution in [0, 0.1) is 0 Å². The zero-order valence-electron chi connectivity index (χ0n) is 10.8. The van der Waals surface area contributed by atoms with Crippen molar-refractivity contribution in [3.05, 3.63) is 29.8 Å². The molecular weight excluding hydrogens is 198 g/mol. The molecular formula is C13H23N3. The average molecular weight is 221 g/mol. The predicted molar refractivity (Wildman–Crippen MR) is 70.5 cm³/mol. The standard InChI is InChI=1S/C13H23N3/c1-11(16(4)9-8-15(2)3)12-6-5-7-13(14)10-12/h5-7,10-11H,8-9,14H2,1-4H3. The zero-order chi connectivity index (χ0) is 12.1. The van der Waals surface area contributed by atoms with Crippen LogP contribution in [0.1, 0.15) is 18.5 Å². The third kappa shape index (κ3) is 3.83. The first-order chi connectivity index (χ1) is 7.50. The van der Waals surface area contributed by atoms with Crippen molar-refractivity contribution >= 4 is 5.69 Å². The normalized spacial score (nSPS) is 13.4. The van der Waals surface area contributed by atoms with Gasteiger partial charge in [0.15, 0.2) is 0 Å². The van der Waals surface area contributed by atoms with Gasteiger partial charge >= 0.3 is 0 Å². The van der Waals surface area contributed by atoms with Crippen LogP contribution in [0.2, 0.25) is 0 Å². The lowest BCUT2D eigenvalue weighted by Crippen LogP contribution is -2.30. The summed E-state index contributed by atoms with van der Waals surface area (Å²) in [5, 5.41) is 0. The maximum atomic E-state index is 5.79. The number of nitrogens with two attached hydrogens (primary N) is 1. The summed E-state index contributed by atoms with van der Waals surface area (Å²) in [6.07, 6.45) is 0. The Labute approximate surface area is 98.8 Å². The average Bonchev–Trinajstić information content (AvgIpc) is 2.24. The third-order valence-corrected chi connectivity index (χ3v) is 2.95. The molecule has 0 radical (unpaired) electrons. The predicted octanol–water partition coefficient (Wildman–Crippen LogP) is 1.82. The van der Waals surface area contributed by atoms with Gasteiger partial charge in [-0.3, -0.25) is 4.90 Å². The van der Waals surface area contributed by atoms with Crippen LogP contribution in [0.4, 0.5) is 5.69 Å². The fourth-order valence-corrected chi connectivity index (χ4v) is 1.62. The fraction of sp³-hybridized carbons (Fsp3) is 0.538. The number of nitrogen functional groups attached to an aromatic ring is 1. The van der Waals surface area contributed by atoms with Gasteiger partial charge in [0, 0.05) is 24.8 Å². The van der Waals surface area contributed by atoms with E-state index < -0.39 is 0 Å². The van der Waals surface area contributed by atoms with Gasteiger partial charge in [-0.15, -0.1) is 0 Å². The van der Waals surface area contributed by atoms with Crippen molar-refractivity contribution in [1.82, 2.24) is 9.80 Å². The molecule has 0 saturated heterocycles. The number of rotatable bonds is 5. The molecule has 1 unspecified atom stereocenters. The molecule has 16 heavy (non-hydrogen) atoms. The summed E-state index contributed by atoms with van der Waals surface area (Å²) in [4.78, 5) is 4.54. The Bertz CT molecular complexity index is 323. The lowest BCUT2D eigenvalue weighted by Gasteiger charge is -2.26. The summed E-state index contributed by atoms with van der Waals surface area (Å²) in [5.41, 5.74) is 7.91. The summed E-state index contributed by atoms with van der Waals surface area (Å²) in [7, 11) is 6.34. The number of anilines is 1. The summed E-state index contributed by atoms with van der Waals surface area (Å²) in [5.74, 6) is 0. The summed E-state index contributed by atoms with van der Waals surface area (Å²) < 4.78 is 0. The number of likely N-dealkylation sites (N-methyl/N-ethyl adjacent to an activating group) is 2. The van der Waals surface area contributed by atoms with Crippen molar-refractivity contribution in [2.45, 2.75) is 13.0 Å². The molecule has 1 rings (SSSR count). The number of hydrogen-bond acceptors (Lipinski definition) is 3. The van der Waals surface area contributed by atoms with Crippen molar-refractivity contribution in [2.75, 3.05) is 40.0 Å². The van der Waals surface area contributed by atoms with E-state index in [-0.39, 0.29) is 0 Å². The van der Waals surface area contributed by atoms with E-state index in [9.17, 15) is 0 Å². The van der Waals surface area contributed by atoms with Gasteiger partial charge in [0.1, 0.15) is 0 Å². The molecule has 0 aliphatic heterocycles. The molecule has 90 valence electrons. The molecule has 0 aliphatic rings. The maximum Gasteiger partial charge on any atom is 0.0318 e. The Morgan fingerprint density at radius 2 is 1.88 bits per heavy atom. The molecule has 2 N–H and O–H groups in total. The number of nitrogens with zero attached hydrogens (tertiary/aromatic N) is 2. The summed E-state index contributed by atoms with van der Waals surface area (Å²) in [6, 6.07) is 8.53. The molecule has 0 spiro atoms. The minimum absolute atomic E-state index is 0.406. The van der Waals surface area contributed by atoms with E-state index in [1.165, 1.54) is 5.56 Å². The van der Waals surface area contributed by atoms with Crippen molar-refractivity contribution in [2.24, 2.45) is 0 Å². The van der Waals surface area contributed by atoms with Crippen LogP contribution in [-0.2, 0) is 0 Å². The monoisotopic (exact) mass is 221 g/mol. The van der Waals surface area contributed by atoms with Gasteiger partial charge in [-0.2, -0.15) is 0 Å². The second kappa shape index (κ2) is 5.87. The van der Waals surface area contributed by atoms with Gasteiger partial charge in [0.2, 0.25) is 0 Å². The topological polar surface area (TPSA) is 32.5 Å². The van der Waals surface area contributed by atoms with Crippen LogP contribution in [0.3, 0.4) is 0 Å². The zero-order valence-corrected chi connectivity index (χ0v) is 10.8. The highest BCUT2D eigenvalue weighted by atomic mass is 15.2. The molecule has 1 aromatic carbocycles. The van der Waals surface area contributed by atoms with E-state index in [4.69, 9.17) is 5.73 Å². The molecule has 3 nitrogen and oxygen atoms in total. The van der Waals surface area contributed by atoms with Gasteiger partial charge in [0.05, 0.1) is 0 Å². The molecule has 0 saturated carbocycles. The van der Waals surface area contributed by atoms with Crippen LogP contribution < -0.4 is 5.73 Å². The van der Waals surface area contributed by atoms with Crippen LogP contribution in [0.5, 0.6) is 0 Å². The molecule has 1 aromatic rings. The number of hydrogen-bond donors (Lipinski definition) is 1. The smallest absolute Gasteiger partial charge is 0.0318 e. The van der Waals surface area contributed by atoms with Gasteiger partial charge in [-0.1, -0.05) is 12.1 Å². The molecule has 1 atom stereocenters. The first-order valence-corrected chi connectivity index (χ1v) is 5.71. The fourth-order valence-electron chi connectivity index (χ4n) is 1.62. The molecule has 3 heteroatoms. The van der Waals surface area contributed by atoms with Crippen molar-refractivity contribution in [1.29, 1.82) is 0 Å². The SMILES string of the molecule is CC(c1cccc(N)c1)N(C)CCN(C)C. The highest BCUT2D eigenvalue weighted by Gasteiger charge is 2.11. The Morgan fingerprint density at radius 3 is 2.44 bits per heavy atom. The van der Waals surface area contributed by atoms with E-state index in [1.54, 1.807) is 0 Å². The van der Waals surface area contributed by atoms with Crippen LogP contribution in [-0.4, -0.2) is 44.0 Å². The second-order valence-electron chi connectivity index (χ2n) is 4.63. The first-order valence-electron chi connectivity index (χ1n) is 5.71. The lowest BCUT2D eigenvalue weighted by molar-refractivity contribution is 0.231. The van der Waals surface area contributed by atoms with Crippen molar-refractivity contribution < 1.29 is 0 Å². The molecule has 0 fully saturated rings. The van der Waals surface area contributed by atoms with E-state index in [0.717, 1.165) is 18.8 Å². The van der Waals surface area contributed by atoms with Crippen LogP contribution in [0.25, 0.3) is 0 Å². The minimum Gasteiger partial charge on any atom is -0.399 e. The van der Waals surface area contributed by atoms with E-state index in [1.807, 2.05) is 12.1 Å². The van der Waals surface area contributed by atoms with Gasteiger partial charge in [-0.05, 0) is 45.8 Å². The molecule has 0 heterocycles. The highest BCUT2D eigenvalue weighted by molar-refractivity contribution is 5.41. The molecule has 0 aliphatic carbocycles. The Kier molecular flexibility index (Phi) is 4.77. The Balaban J connectivity index is 2.59. The lowest BCUT2D eigenvalue weighted by atomic mass is 10.1. The van der Waals surface area contributed by atoms with Crippen molar-refractivity contribution in [3.63, 3.8) is 0 Å². The Morgan fingerprint density at radius 1 is 1.19 bits per heavy atom. The third-order valence-electron chi connectivity index (χ3n) is 2.95. The van der Waals surface area contributed by atoms with E-state index in [0.29, 0.717) is 6.04 Å². The first kappa shape index (κ1) is 13.0. The van der Waals surface area contributed by atoms with Crippen molar-refractivity contribution in [3.8, 4) is 0 Å². The second-order valence-corrected chi connectivity index (χ2v) is 4.63. The van der Waals surface area contributed by atoms with Crippen LogP contribution in [0.15, 0.2) is 24.3 Å². The molecule has 0 bridgehead atoms.